The summed E-state index contributed by atoms with van der Waals surface area (Å²) in [6, 6.07) is 1.71. The number of nitrogens with zero attached hydrogens (tertiary/aromatic N) is 2. The number of hydrogen-bond acceptors (Lipinski definition) is 3. The van der Waals surface area contributed by atoms with Crippen LogP contribution in [0.4, 0.5) is 4.79 Å². The van der Waals surface area contributed by atoms with Crippen LogP contribution in [0.25, 0.3) is 0 Å². The van der Waals surface area contributed by atoms with Crippen molar-refractivity contribution in [3.8, 4) is 0 Å². The molecule has 3 heterocycles. The van der Waals surface area contributed by atoms with Crippen molar-refractivity contribution in [1.82, 2.24) is 20.4 Å². The molecular weight excluding hydrogens is 328 g/mol. The molecule has 0 aromatic rings. The van der Waals surface area contributed by atoms with Crippen molar-refractivity contribution in [3.05, 3.63) is 0 Å². The Balaban J connectivity index is 1.19. The molecule has 6 heteroatoms. The second kappa shape index (κ2) is 8.15. The Kier molecular flexibility index (Phi) is 5.67. The fraction of sp³-hybridized carbons (Fsp3) is 0.900. The average molecular weight is 363 g/mol. The molecule has 2 unspecified atom stereocenters. The number of carbonyl (C=O) groups is 2. The van der Waals surface area contributed by atoms with Crippen molar-refractivity contribution in [2.24, 2.45) is 5.92 Å². The molecule has 1 aliphatic carbocycles. The van der Waals surface area contributed by atoms with E-state index in [4.69, 9.17) is 0 Å². The standard InChI is InChI=1S/C20H34N4O2/c25-19(14-15-12-17-6-7-18(13-15)21-17)23-8-10-24(11-9-23)20(26)22-16-4-2-1-3-5-16/h15-18,21H,1-14H2,(H,22,26). The van der Waals surface area contributed by atoms with Crippen LogP contribution in [0.2, 0.25) is 0 Å². The summed E-state index contributed by atoms with van der Waals surface area (Å²) in [5.41, 5.74) is 0. The lowest BCUT2D eigenvalue weighted by molar-refractivity contribution is -0.133. The van der Waals surface area contributed by atoms with E-state index in [1.165, 1.54) is 32.1 Å². The van der Waals surface area contributed by atoms with Gasteiger partial charge >= 0.3 is 6.03 Å². The summed E-state index contributed by atoms with van der Waals surface area (Å²) >= 11 is 0. The molecule has 2 N–H and O–H groups in total. The third kappa shape index (κ3) is 4.33. The highest BCUT2D eigenvalue weighted by atomic mass is 16.2. The van der Waals surface area contributed by atoms with E-state index in [9.17, 15) is 9.59 Å². The lowest BCUT2D eigenvalue weighted by atomic mass is 9.89. The second-order valence-electron chi connectivity index (χ2n) is 8.83. The highest BCUT2D eigenvalue weighted by molar-refractivity contribution is 5.78. The van der Waals surface area contributed by atoms with Crippen LogP contribution in [0.1, 0.15) is 64.2 Å². The van der Waals surface area contributed by atoms with Crippen molar-refractivity contribution in [2.45, 2.75) is 82.3 Å². The van der Waals surface area contributed by atoms with Gasteiger partial charge in [0.2, 0.25) is 5.91 Å². The third-order valence-corrected chi connectivity index (χ3v) is 6.89. The number of hydrogen-bond donors (Lipinski definition) is 2. The molecule has 1 saturated carbocycles. The van der Waals surface area contributed by atoms with Gasteiger partial charge in [-0.05, 0) is 44.4 Å². The molecule has 2 bridgehead atoms. The van der Waals surface area contributed by atoms with Crippen LogP contribution < -0.4 is 10.6 Å². The van der Waals surface area contributed by atoms with Crippen LogP contribution in [-0.4, -0.2) is 66.0 Å². The lowest BCUT2D eigenvalue weighted by Crippen LogP contribution is -2.55. The quantitative estimate of drug-likeness (QED) is 0.808. The van der Waals surface area contributed by atoms with Gasteiger partial charge in [-0.1, -0.05) is 19.3 Å². The normalized spacial score (nSPS) is 32.5. The number of carbonyl (C=O) groups excluding carboxylic acids is 2. The van der Waals surface area contributed by atoms with Gasteiger partial charge in [0, 0.05) is 50.7 Å². The van der Waals surface area contributed by atoms with Crippen molar-refractivity contribution < 1.29 is 9.59 Å². The molecular formula is C20H34N4O2. The minimum atomic E-state index is 0.0685. The second-order valence-corrected chi connectivity index (χ2v) is 8.83. The molecule has 3 saturated heterocycles. The topological polar surface area (TPSA) is 64.7 Å². The lowest BCUT2D eigenvalue weighted by Gasteiger charge is -2.37. The Morgan fingerprint density at radius 3 is 2.12 bits per heavy atom. The maximum atomic E-state index is 12.7. The van der Waals surface area contributed by atoms with Crippen molar-refractivity contribution in [3.63, 3.8) is 0 Å². The molecule has 6 nitrogen and oxygen atoms in total. The van der Waals surface area contributed by atoms with E-state index in [0.29, 0.717) is 62.6 Å². The zero-order chi connectivity index (χ0) is 17.9. The largest absolute Gasteiger partial charge is 0.339 e. The molecule has 3 aliphatic heterocycles. The first kappa shape index (κ1) is 18.1. The highest BCUT2D eigenvalue weighted by Gasteiger charge is 2.35. The Hall–Kier alpha value is -1.30. The van der Waals surface area contributed by atoms with Gasteiger partial charge in [0.05, 0.1) is 0 Å². The van der Waals surface area contributed by atoms with E-state index in [1.54, 1.807) is 0 Å². The number of amides is 3. The van der Waals surface area contributed by atoms with E-state index in [2.05, 4.69) is 10.6 Å². The summed E-state index contributed by atoms with van der Waals surface area (Å²) in [5, 5.41) is 6.84. The van der Waals surface area contributed by atoms with Crippen LogP contribution in [0, 0.1) is 5.92 Å². The van der Waals surface area contributed by atoms with Crippen LogP contribution in [-0.2, 0) is 4.79 Å². The van der Waals surface area contributed by atoms with Gasteiger partial charge in [0.25, 0.3) is 0 Å². The van der Waals surface area contributed by atoms with Crippen LogP contribution in [0.3, 0.4) is 0 Å². The molecule has 0 aromatic carbocycles. The summed E-state index contributed by atoms with van der Waals surface area (Å²) in [6.07, 6.45) is 11.6. The van der Waals surface area contributed by atoms with Gasteiger partial charge in [-0.25, -0.2) is 4.79 Å². The maximum absolute atomic E-state index is 12.7. The Morgan fingerprint density at radius 2 is 1.46 bits per heavy atom. The van der Waals surface area contributed by atoms with E-state index in [0.717, 1.165) is 25.7 Å². The predicted octanol–water partition coefficient (Wildman–Crippen LogP) is 2.09. The van der Waals surface area contributed by atoms with Crippen molar-refractivity contribution in [2.75, 3.05) is 26.2 Å². The Morgan fingerprint density at radius 1 is 0.846 bits per heavy atom. The van der Waals surface area contributed by atoms with Gasteiger partial charge in [-0.15, -0.1) is 0 Å². The summed E-state index contributed by atoms with van der Waals surface area (Å²) in [6.45, 7) is 2.72. The van der Waals surface area contributed by atoms with E-state index in [-0.39, 0.29) is 6.03 Å². The minimum Gasteiger partial charge on any atom is -0.339 e. The summed E-state index contributed by atoms with van der Waals surface area (Å²) in [4.78, 5) is 29.0. The highest BCUT2D eigenvalue weighted by Crippen LogP contribution is 2.33. The summed E-state index contributed by atoms with van der Waals surface area (Å²) in [5.74, 6) is 0.845. The first-order chi connectivity index (χ1) is 12.7. The summed E-state index contributed by atoms with van der Waals surface area (Å²) < 4.78 is 0. The van der Waals surface area contributed by atoms with Crippen LogP contribution in [0.5, 0.6) is 0 Å². The summed E-state index contributed by atoms with van der Waals surface area (Å²) in [7, 11) is 0. The molecule has 4 fully saturated rings. The average Bonchev–Trinajstić information content (AvgIpc) is 3.01. The number of urea groups is 1. The molecule has 4 aliphatic rings. The first-order valence-corrected chi connectivity index (χ1v) is 10.8. The van der Waals surface area contributed by atoms with Gasteiger partial charge in [0.15, 0.2) is 0 Å². The number of fused-ring (bicyclic) bond motifs is 2. The molecule has 146 valence electrons. The van der Waals surface area contributed by atoms with Crippen molar-refractivity contribution in [1.29, 1.82) is 0 Å². The van der Waals surface area contributed by atoms with Gasteiger partial charge in [-0.3, -0.25) is 4.79 Å². The van der Waals surface area contributed by atoms with E-state index in [1.807, 2.05) is 9.80 Å². The predicted molar refractivity (Wildman–Crippen MR) is 101 cm³/mol. The smallest absolute Gasteiger partial charge is 0.317 e. The first-order valence-electron chi connectivity index (χ1n) is 10.8. The molecule has 0 aromatic heterocycles. The number of nitrogens with one attached hydrogen (secondary N) is 2. The molecule has 0 spiro atoms. The molecule has 0 radical (unpaired) electrons. The van der Waals surface area contributed by atoms with E-state index >= 15 is 0 Å². The number of piperazine rings is 1. The maximum Gasteiger partial charge on any atom is 0.317 e. The van der Waals surface area contributed by atoms with Crippen LogP contribution >= 0.6 is 0 Å². The van der Waals surface area contributed by atoms with E-state index < -0.39 is 0 Å². The number of piperidine rings is 1. The molecule has 26 heavy (non-hydrogen) atoms. The van der Waals surface area contributed by atoms with Crippen molar-refractivity contribution >= 4 is 11.9 Å². The Labute approximate surface area is 157 Å². The monoisotopic (exact) mass is 362 g/mol. The fourth-order valence-corrected chi connectivity index (χ4v) is 5.39. The Bertz CT molecular complexity index is 500. The fourth-order valence-electron chi connectivity index (χ4n) is 5.39. The minimum absolute atomic E-state index is 0.0685. The number of rotatable bonds is 3. The van der Waals surface area contributed by atoms with Gasteiger partial charge in [0.1, 0.15) is 0 Å². The molecule has 3 amide bonds. The SMILES string of the molecule is O=C(CC1CC2CCC(C1)N2)N1CCN(C(=O)NC2CCCCC2)CC1. The zero-order valence-electron chi connectivity index (χ0n) is 15.9. The third-order valence-electron chi connectivity index (χ3n) is 6.89. The zero-order valence-corrected chi connectivity index (χ0v) is 15.9. The molecule has 4 rings (SSSR count). The van der Waals surface area contributed by atoms with Gasteiger partial charge < -0.3 is 20.4 Å². The van der Waals surface area contributed by atoms with Gasteiger partial charge in [-0.2, -0.15) is 0 Å². The molecule has 2 atom stereocenters. The van der Waals surface area contributed by atoms with Crippen LogP contribution in [0.15, 0.2) is 0 Å².